The number of rotatable bonds is 3. The van der Waals surface area contributed by atoms with E-state index in [2.05, 4.69) is 15.2 Å². The molecule has 2 N–H and O–H groups in total. The first-order chi connectivity index (χ1) is 8.19. The van der Waals surface area contributed by atoms with E-state index in [1.807, 2.05) is 0 Å². The zero-order chi connectivity index (χ0) is 12.3. The normalized spacial score (nSPS) is 18.9. The zero-order valence-corrected chi connectivity index (χ0v) is 9.91. The SMILES string of the molecule is CCOC(=O)C1(c2n[nH]c(=O)[nH]2)CCCCC1. The number of esters is 1. The van der Waals surface area contributed by atoms with Crippen molar-refractivity contribution >= 4 is 5.97 Å². The topological polar surface area (TPSA) is 87.8 Å². The lowest BCUT2D eigenvalue weighted by Gasteiger charge is -2.32. The number of ether oxygens (including phenoxy) is 1. The predicted octanol–water partition coefficient (Wildman–Crippen LogP) is 0.863. The van der Waals surface area contributed by atoms with E-state index in [0.29, 0.717) is 25.3 Å². The van der Waals surface area contributed by atoms with Gasteiger partial charge < -0.3 is 4.74 Å². The Morgan fingerprint density at radius 1 is 1.41 bits per heavy atom. The molecule has 1 aliphatic carbocycles. The molecule has 1 heterocycles. The highest BCUT2D eigenvalue weighted by Crippen LogP contribution is 2.38. The number of nitrogens with one attached hydrogen (secondary N) is 2. The molecule has 0 aliphatic heterocycles. The van der Waals surface area contributed by atoms with Crippen molar-refractivity contribution in [1.29, 1.82) is 0 Å². The summed E-state index contributed by atoms with van der Waals surface area (Å²) in [6.07, 6.45) is 4.39. The lowest BCUT2D eigenvalue weighted by Crippen LogP contribution is -2.40. The molecule has 1 aliphatic rings. The van der Waals surface area contributed by atoms with E-state index in [1.54, 1.807) is 6.92 Å². The first-order valence-electron chi connectivity index (χ1n) is 6.01. The predicted molar refractivity (Wildman–Crippen MR) is 60.6 cm³/mol. The van der Waals surface area contributed by atoms with Crippen LogP contribution >= 0.6 is 0 Å². The molecule has 1 saturated carbocycles. The van der Waals surface area contributed by atoms with Gasteiger partial charge in [0.05, 0.1) is 6.61 Å². The first kappa shape index (κ1) is 11.9. The Kier molecular flexibility index (Phi) is 3.31. The maximum absolute atomic E-state index is 12.1. The van der Waals surface area contributed by atoms with Crippen molar-refractivity contribution in [3.63, 3.8) is 0 Å². The summed E-state index contributed by atoms with van der Waals surface area (Å²) >= 11 is 0. The van der Waals surface area contributed by atoms with Gasteiger partial charge in [0.25, 0.3) is 0 Å². The summed E-state index contributed by atoms with van der Waals surface area (Å²) in [6, 6.07) is 0. The van der Waals surface area contributed by atoms with Crippen LogP contribution in [0.1, 0.15) is 44.9 Å². The second kappa shape index (κ2) is 4.73. The molecule has 1 fully saturated rings. The average molecular weight is 239 g/mol. The van der Waals surface area contributed by atoms with Crippen molar-refractivity contribution < 1.29 is 9.53 Å². The second-order valence-electron chi connectivity index (χ2n) is 4.39. The van der Waals surface area contributed by atoms with Crippen molar-refractivity contribution in [2.45, 2.75) is 44.4 Å². The molecular weight excluding hydrogens is 222 g/mol. The van der Waals surface area contributed by atoms with Crippen LogP contribution in [0.2, 0.25) is 0 Å². The standard InChI is InChI=1S/C11H17N3O3/c1-2-17-9(15)11(6-4-3-5-7-11)8-12-10(16)14-13-8/h2-7H2,1H3,(H2,12,13,14,16). The van der Waals surface area contributed by atoms with Crippen molar-refractivity contribution in [1.82, 2.24) is 15.2 Å². The molecule has 2 rings (SSSR count). The highest BCUT2D eigenvalue weighted by atomic mass is 16.5. The Bertz CT molecular complexity index is 443. The fraction of sp³-hybridized carbons (Fsp3) is 0.727. The molecule has 0 aromatic carbocycles. The van der Waals surface area contributed by atoms with E-state index in [1.165, 1.54) is 0 Å². The lowest BCUT2D eigenvalue weighted by molar-refractivity contribution is -0.152. The van der Waals surface area contributed by atoms with Crippen LogP contribution < -0.4 is 5.69 Å². The molecule has 1 aromatic rings. The van der Waals surface area contributed by atoms with Crippen LogP contribution in [0, 0.1) is 0 Å². The van der Waals surface area contributed by atoms with E-state index in [-0.39, 0.29) is 11.7 Å². The van der Waals surface area contributed by atoms with Gasteiger partial charge in [-0.15, -0.1) is 0 Å². The largest absolute Gasteiger partial charge is 0.465 e. The molecule has 0 radical (unpaired) electrons. The van der Waals surface area contributed by atoms with Gasteiger partial charge in [-0.25, -0.2) is 9.89 Å². The molecule has 6 nitrogen and oxygen atoms in total. The monoisotopic (exact) mass is 239 g/mol. The van der Waals surface area contributed by atoms with Crippen molar-refractivity contribution in [2.75, 3.05) is 6.61 Å². The smallest absolute Gasteiger partial charge is 0.340 e. The second-order valence-corrected chi connectivity index (χ2v) is 4.39. The van der Waals surface area contributed by atoms with Crippen LogP contribution in [0.15, 0.2) is 4.79 Å². The molecular formula is C11H17N3O3. The molecule has 0 saturated heterocycles. The summed E-state index contributed by atoms with van der Waals surface area (Å²) in [6.45, 7) is 2.12. The molecule has 0 unspecified atom stereocenters. The van der Waals surface area contributed by atoms with Gasteiger partial charge >= 0.3 is 11.7 Å². The maximum atomic E-state index is 12.1. The third kappa shape index (κ3) is 2.11. The molecule has 1 aromatic heterocycles. The molecule has 0 spiro atoms. The van der Waals surface area contributed by atoms with Gasteiger partial charge in [0.2, 0.25) is 0 Å². The van der Waals surface area contributed by atoms with E-state index in [9.17, 15) is 9.59 Å². The van der Waals surface area contributed by atoms with Crippen LogP contribution in [-0.2, 0) is 14.9 Å². The van der Waals surface area contributed by atoms with Crippen molar-refractivity contribution in [3.05, 3.63) is 16.3 Å². The van der Waals surface area contributed by atoms with Crippen LogP contribution in [0.5, 0.6) is 0 Å². The fourth-order valence-electron chi connectivity index (χ4n) is 2.46. The molecule has 94 valence electrons. The molecule has 6 heteroatoms. The number of hydrogen-bond acceptors (Lipinski definition) is 4. The summed E-state index contributed by atoms with van der Waals surface area (Å²) in [5.41, 5.74) is -1.14. The van der Waals surface area contributed by atoms with Gasteiger partial charge in [0, 0.05) is 0 Å². The van der Waals surface area contributed by atoms with Gasteiger partial charge in [-0.2, -0.15) is 5.10 Å². The van der Waals surface area contributed by atoms with Gasteiger partial charge in [-0.1, -0.05) is 19.3 Å². The Labute approximate surface area is 98.8 Å². The Balaban J connectivity index is 2.35. The summed E-state index contributed by atoms with van der Waals surface area (Å²) < 4.78 is 5.13. The number of aromatic nitrogens is 3. The molecule has 0 atom stereocenters. The van der Waals surface area contributed by atoms with Crippen LogP contribution in [0.3, 0.4) is 0 Å². The highest BCUT2D eigenvalue weighted by molar-refractivity contribution is 5.82. The molecule has 17 heavy (non-hydrogen) atoms. The van der Waals surface area contributed by atoms with Crippen molar-refractivity contribution in [3.8, 4) is 0 Å². The third-order valence-corrected chi connectivity index (χ3v) is 3.33. The minimum atomic E-state index is -0.757. The van der Waals surface area contributed by atoms with Gasteiger partial charge in [0.1, 0.15) is 11.2 Å². The van der Waals surface area contributed by atoms with E-state index in [0.717, 1.165) is 19.3 Å². The van der Waals surface area contributed by atoms with Crippen LogP contribution in [0.25, 0.3) is 0 Å². The minimum Gasteiger partial charge on any atom is -0.465 e. The molecule has 0 bridgehead atoms. The summed E-state index contributed by atoms with van der Waals surface area (Å²) in [5.74, 6) is 0.142. The maximum Gasteiger partial charge on any atom is 0.340 e. The van der Waals surface area contributed by atoms with E-state index < -0.39 is 5.41 Å². The van der Waals surface area contributed by atoms with E-state index in [4.69, 9.17) is 4.74 Å². The minimum absolute atomic E-state index is 0.276. The number of hydrogen-bond donors (Lipinski definition) is 2. The summed E-state index contributed by atoms with van der Waals surface area (Å²) in [5, 5.41) is 6.24. The van der Waals surface area contributed by atoms with Crippen LogP contribution in [0.4, 0.5) is 0 Å². The zero-order valence-electron chi connectivity index (χ0n) is 9.91. The summed E-state index contributed by atoms with van der Waals surface area (Å²) in [4.78, 5) is 25.9. The number of carbonyl (C=O) groups excluding carboxylic acids is 1. The average Bonchev–Trinajstić information content (AvgIpc) is 2.77. The Morgan fingerprint density at radius 3 is 2.65 bits per heavy atom. The Hall–Kier alpha value is -1.59. The van der Waals surface area contributed by atoms with Crippen LogP contribution in [-0.4, -0.2) is 27.8 Å². The number of H-pyrrole nitrogens is 2. The van der Waals surface area contributed by atoms with Gasteiger partial charge in [-0.3, -0.25) is 9.78 Å². The lowest BCUT2D eigenvalue weighted by atomic mass is 9.73. The van der Waals surface area contributed by atoms with Gasteiger partial charge in [0.15, 0.2) is 0 Å². The Morgan fingerprint density at radius 2 is 2.12 bits per heavy atom. The number of aromatic amines is 2. The number of nitrogens with zero attached hydrogens (tertiary/aromatic N) is 1. The molecule has 0 amide bonds. The third-order valence-electron chi connectivity index (χ3n) is 3.33. The van der Waals surface area contributed by atoms with E-state index >= 15 is 0 Å². The van der Waals surface area contributed by atoms with Gasteiger partial charge in [-0.05, 0) is 19.8 Å². The number of carbonyl (C=O) groups is 1. The highest BCUT2D eigenvalue weighted by Gasteiger charge is 2.45. The summed E-state index contributed by atoms with van der Waals surface area (Å²) in [7, 11) is 0. The van der Waals surface area contributed by atoms with Crippen molar-refractivity contribution in [2.24, 2.45) is 0 Å². The first-order valence-corrected chi connectivity index (χ1v) is 6.01. The fourth-order valence-corrected chi connectivity index (χ4v) is 2.46. The quantitative estimate of drug-likeness (QED) is 0.766.